The lowest BCUT2D eigenvalue weighted by Gasteiger charge is -2.22. The zero-order valence-corrected chi connectivity index (χ0v) is 11.6. The molecule has 2 fully saturated rings. The first-order valence-corrected chi connectivity index (χ1v) is 7.30. The van der Waals surface area contributed by atoms with Crippen molar-refractivity contribution in [1.29, 1.82) is 0 Å². The van der Waals surface area contributed by atoms with E-state index in [4.69, 9.17) is 15.2 Å². The first kappa shape index (κ1) is 12.8. The molecule has 3 nitrogen and oxygen atoms in total. The number of hydrogen-bond acceptors (Lipinski definition) is 3. The van der Waals surface area contributed by atoms with E-state index in [9.17, 15) is 0 Å². The van der Waals surface area contributed by atoms with Gasteiger partial charge in [0.2, 0.25) is 0 Å². The Morgan fingerprint density at radius 3 is 2.79 bits per heavy atom. The van der Waals surface area contributed by atoms with Crippen LogP contribution < -0.4 is 15.2 Å². The minimum atomic E-state index is 0.510. The van der Waals surface area contributed by atoms with Crippen molar-refractivity contribution in [3.05, 3.63) is 23.8 Å². The van der Waals surface area contributed by atoms with E-state index in [1.807, 2.05) is 18.2 Å². The van der Waals surface area contributed by atoms with Crippen molar-refractivity contribution in [1.82, 2.24) is 0 Å². The number of ether oxygens (including phenoxy) is 2. The third kappa shape index (κ3) is 2.57. The number of benzene rings is 1. The summed E-state index contributed by atoms with van der Waals surface area (Å²) in [7, 11) is 1.68. The summed E-state index contributed by atoms with van der Waals surface area (Å²) in [6, 6.07) is 5.89. The van der Waals surface area contributed by atoms with Gasteiger partial charge in [-0.3, -0.25) is 0 Å². The van der Waals surface area contributed by atoms with Crippen LogP contribution in [0.3, 0.4) is 0 Å². The number of rotatable bonds is 5. The number of fused-ring (bicyclic) bond motifs is 2. The molecule has 0 radical (unpaired) electrons. The van der Waals surface area contributed by atoms with Crippen LogP contribution in [-0.2, 0) is 6.54 Å². The van der Waals surface area contributed by atoms with E-state index in [2.05, 4.69) is 0 Å². The van der Waals surface area contributed by atoms with Crippen molar-refractivity contribution >= 4 is 0 Å². The van der Waals surface area contributed by atoms with Crippen LogP contribution in [0.25, 0.3) is 0 Å². The van der Waals surface area contributed by atoms with Gasteiger partial charge in [-0.25, -0.2) is 0 Å². The zero-order valence-electron chi connectivity index (χ0n) is 11.6. The summed E-state index contributed by atoms with van der Waals surface area (Å²) in [6.07, 6.45) is 5.62. The fourth-order valence-electron chi connectivity index (χ4n) is 3.74. The van der Waals surface area contributed by atoms with Crippen LogP contribution in [0, 0.1) is 17.8 Å². The SMILES string of the molecule is COc1ccc(CN)c(OCC2CC3CCC2C3)c1. The molecule has 0 saturated heterocycles. The Morgan fingerprint density at radius 2 is 2.16 bits per heavy atom. The second kappa shape index (κ2) is 5.41. The molecule has 0 aliphatic heterocycles. The van der Waals surface area contributed by atoms with Gasteiger partial charge in [-0.1, -0.05) is 12.5 Å². The number of hydrogen-bond donors (Lipinski definition) is 1. The average molecular weight is 261 g/mol. The Balaban J connectivity index is 1.65. The molecule has 104 valence electrons. The molecule has 3 heteroatoms. The summed E-state index contributed by atoms with van der Waals surface area (Å²) in [5, 5.41) is 0. The highest BCUT2D eigenvalue weighted by Gasteiger charge is 2.39. The zero-order chi connectivity index (χ0) is 13.2. The molecule has 2 aliphatic rings. The largest absolute Gasteiger partial charge is 0.497 e. The molecule has 0 heterocycles. The molecule has 19 heavy (non-hydrogen) atoms. The Morgan fingerprint density at radius 1 is 1.26 bits per heavy atom. The van der Waals surface area contributed by atoms with Crippen molar-refractivity contribution in [3.63, 3.8) is 0 Å². The van der Waals surface area contributed by atoms with Gasteiger partial charge in [0.05, 0.1) is 13.7 Å². The van der Waals surface area contributed by atoms with Gasteiger partial charge in [0.1, 0.15) is 11.5 Å². The summed E-state index contributed by atoms with van der Waals surface area (Å²) in [5.41, 5.74) is 6.82. The Labute approximate surface area is 115 Å². The monoisotopic (exact) mass is 261 g/mol. The van der Waals surface area contributed by atoms with Gasteiger partial charge in [0.15, 0.2) is 0 Å². The standard InChI is InChI=1S/C16H23NO2/c1-18-15-5-4-13(9-17)16(8-15)19-10-14-7-11-2-3-12(14)6-11/h4-5,8,11-12,14H,2-3,6-7,9-10,17H2,1H3. The molecule has 0 amide bonds. The van der Waals surface area contributed by atoms with E-state index in [0.717, 1.165) is 41.4 Å². The molecule has 1 aromatic carbocycles. The molecule has 3 atom stereocenters. The fraction of sp³-hybridized carbons (Fsp3) is 0.625. The van der Waals surface area contributed by atoms with Gasteiger partial charge in [0.25, 0.3) is 0 Å². The fourth-order valence-corrected chi connectivity index (χ4v) is 3.74. The molecular weight excluding hydrogens is 238 g/mol. The maximum Gasteiger partial charge on any atom is 0.127 e. The quantitative estimate of drug-likeness (QED) is 0.886. The predicted octanol–water partition coefficient (Wildman–Crippen LogP) is 2.97. The first-order chi connectivity index (χ1) is 9.30. The van der Waals surface area contributed by atoms with E-state index in [0.29, 0.717) is 6.54 Å². The van der Waals surface area contributed by atoms with E-state index in [1.165, 1.54) is 25.7 Å². The van der Waals surface area contributed by atoms with Gasteiger partial charge in [0, 0.05) is 18.2 Å². The third-order valence-corrected chi connectivity index (χ3v) is 4.83. The highest BCUT2D eigenvalue weighted by molar-refractivity contribution is 5.40. The summed E-state index contributed by atoms with van der Waals surface area (Å²) in [6.45, 7) is 1.34. The lowest BCUT2D eigenvalue weighted by molar-refractivity contribution is 0.193. The lowest BCUT2D eigenvalue weighted by atomic mass is 9.89. The maximum atomic E-state index is 6.05. The van der Waals surface area contributed by atoms with E-state index < -0.39 is 0 Å². The highest BCUT2D eigenvalue weighted by atomic mass is 16.5. The Hall–Kier alpha value is -1.22. The first-order valence-electron chi connectivity index (χ1n) is 7.30. The van der Waals surface area contributed by atoms with Crippen LogP contribution in [0.5, 0.6) is 11.5 Å². The van der Waals surface area contributed by atoms with Crippen LogP contribution >= 0.6 is 0 Å². The van der Waals surface area contributed by atoms with Gasteiger partial charge in [-0.15, -0.1) is 0 Å². The smallest absolute Gasteiger partial charge is 0.127 e. The van der Waals surface area contributed by atoms with Gasteiger partial charge in [-0.05, 0) is 43.1 Å². The van der Waals surface area contributed by atoms with E-state index in [-0.39, 0.29) is 0 Å². The molecular formula is C16H23NO2. The number of nitrogens with two attached hydrogens (primary N) is 1. The molecule has 1 aromatic rings. The number of methoxy groups -OCH3 is 1. The van der Waals surface area contributed by atoms with E-state index in [1.54, 1.807) is 7.11 Å². The van der Waals surface area contributed by atoms with Crippen molar-refractivity contribution in [2.24, 2.45) is 23.5 Å². The predicted molar refractivity (Wildman–Crippen MR) is 75.3 cm³/mol. The lowest BCUT2D eigenvalue weighted by Crippen LogP contribution is -2.19. The van der Waals surface area contributed by atoms with Crippen molar-refractivity contribution in [3.8, 4) is 11.5 Å². The van der Waals surface area contributed by atoms with Crippen LogP contribution in [0.2, 0.25) is 0 Å². The minimum Gasteiger partial charge on any atom is -0.497 e. The second-order valence-corrected chi connectivity index (χ2v) is 5.92. The van der Waals surface area contributed by atoms with Gasteiger partial charge < -0.3 is 15.2 Å². The minimum absolute atomic E-state index is 0.510. The Bertz CT molecular complexity index is 446. The summed E-state index contributed by atoms with van der Waals surface area (Å²) in [4.78, 5) is 0. The van der Waals surface area contributed by atoms with Crippen molar-refractivity contribution in [2.45, 2.75) is 32.2 Å². The van der Waals surface area contributed by atoms with Gasteiger partial charge >= 0.3 is 0 Å². The normalized spacial score (nSPS) is 28.6. The van der Waals surface area contributed by atoms with Gasteiger partial charge in [-0.2, -0.15) is 0 Å². The molecule has 3 rings (SSSR count). The third-order valence-electron chi connectivity index (χ3n) is 4.83. The molecule has 2 bridgehead atoms. The summed E-state index contributed by atoms with van der Waals surface area (Å²) >= 11 is 0. The van der Waals surface area contributed by atoms with Crippen molar-refractivity contribution in [2.75, 3.05) is 13.7 Å². The maximum absolute atomic E-state index is 6.05. The molecule has 0 aromatic heterocycles. The van der Waals surface area contributed by atoms with Crippen LogP contribution in [0.4, 0.5) is 0 Å². The topological polar surface area (TPSA) is 44.5 Å². The Kier molecular flexibility index (Phi) is 3.65. The second-order valence-electron chi connectivity index (χ2n) is 5.92. The van der Waals surface area contributed by atoms with Crippen molar-refractivity contribution < 1.29 is 9.47 Å². The molecule has 2 saturated carbocycles. The summed E-state index contributed by atoms with van der Waals surface area (Å²) < 4.78 is 11.3. The van der Waals surface area contributed by atoms with Crippen LogP contribution in [-0.4, -0.2) is 13.7 Å². The molecule has 0 spiro atoms. The average Bonchev–Trinajstić information content (AvgIpc) is 3.07. The molecule has 3 unspecified atom stereocenters. The summed E-state index contributed by atoms with van der Waals surface area (Å²) in [5.74, 6) is 4.34. The van der Waals surface area contributed by atoms with Crippen LogP contribution in [0.15, 0.2) is 18.2 Å². The molecule has 2 N–H and O–H groups in total. The van der Waals surface area contributed by atoms with Crippen LogP contribution in [0.1, 0.15) is 31.2 Å². The van der Waals surface area contributed by atoms with E-state index >= 15 is 0 Å². The molecule has 2 aliphatic carbocycles. The highest BCUT2D eigenvalue weighted by Crippen LogP contribution is 2.48.